The molecule has 17 heavy (non-hydrogen) atoms. The molecule has 3 N–H and O–H groups in total. The van der Waals surface area contributed by atoms with E-state index >= 15 is 0 Å². The Morgan fingerprint density at radius 2 is 1.94 bits per heavy atom. The van der Waals surface area contributed by atoms with Crippen LogP contribution in [-0.2, 0) is 4.79 Å². The summed E-state index contributed by atoms with van der Waals surface area (Å²) >= 11 is 0. The van der Waals surface area contributed by atoms with Gasteiger partial charge >= 0.3 is 5.97 Å². The molecule has 0 aliphatic carbocycles. The molecule has 4 nitrogen and oxygen atoms in total. The van der Waals surface area contributed by atoms with Crippen LogP contribution in [0, 0.1) is 5.41 Å². The minimum absolute atomic E-state index is 0.148. The molecule has 1 aromatic rings. The Morgan fingerprint density at radius 1 is 1.35 bits per heavy atom. The predicted molar refractivity (Wildman–Crippen MR) is 59.7 cm³/mol. The Hall–Kier alpha value is -1.78. The van der Waals surface area contributed by atoms with Gasteiger partial charge in [-0.2, -0.15) is 0 Å². The third-order valence-electron chi connectivity index (χ3n) is 2.63. The molecule has 1 atom stereocenters. The van der Waals surface area contributed by atoms with Crippen LogP contribution in [0.2, 0.25) is 0 Å². The Balaban J connectivity index is 2.87. The number of carbonyl (C=O) groups is 1. The second-order valence-electron chi connectivity index (χ2n) is 4.61. The van der Waals surface area contributed by atoms with E-state index in [2.05, 4.69) is 0 Å². The first-order valence-corrected chi connectivity index (χ1v) is 5.13. The highest BCUT2D eigenvalue weighted by Crippen LogP contribution is 2.36. The van der Waals surface area contributed by atoms with Gasteiger partial charge in [-0.1, -0.05) is 6.07 Å². The van der Waals surface area contributed by atoms with Crippen molar-refractivity contribution in [1.29, 1.82) is 0 Å². The Bertz CT molecular complexity index is 429. The van der Waals surface area contributed by atoms with Gasteiger partial charge in [0.1, 0.15) is 6.17 Å². The number of halogens is 1. The number of hydrogen-bond donors (Lipinski definition) is 3. The molecule has 0 heterocycles. The number of carboxylic acid groups (broad SMARTS) is 1. The molecule has 0 amide bonds. The highest BCUT2D eigenvalue weighted by molar-refractivity contribution is 5.73. The lowest BCUT2D eigenvalue weighted by molar-refractivity contribution is -0.148. The first kappa shape index (κ1) is 13.3. The molecule has 0 saturated carbocycles. The van der Waals surface area contributed by atoms with Crippen molar-refractivity contribution in [2.24, 2.45) is 5.41 Å². The zero-order chi connectivity index (χ0) is 13.2. The Kier molecular flexibility index (Phi) is 3.60. The molecule has 0 aliphatic rings. The number of rotatable bonds is 4. The first-order chi connectivity index (χ1) is 7.74. The smallest absolute Gasteiger partial charge is 0.309 e. The summed E-state index contributed by atoms with van der Waals surface area (Å²) in [5.41, 5.74) is -1.04. The third-order valence-corrected chi connectivity index (χ3v) is 2.63. The number of benzene rings is 1. The summed E-state index contributed by atoms with van der Waals surface area (Å²) in [5.74, 6) is -1.83. The molecule has 0 saturated heterocycles. The molecule has 1 aromatic carbocycles. The lowest BCUT2D eigenvalue weighted by atomic mass is 9.85. The van der Waals surface area contributed by atoms with Crippen molar-refractivity contribution in [2.45, 2.75) is 26.4 Å². The van der Waals surface area contributed by atoms with E-state index in [0.29, 0.717) is 0 Å². The number of carboxylic acids is 1. The Morgan fingerprint density at radius 3 is 2.41 bits per heavy atom. The monoisotopic (exact) mass is 242 g/mol. The maximum atomic E-state index is 13.8. The minimum Gasteiger partial charge on any atom is -0.504 e. The van der Waals surface area contributed by atoms with Crippen LogP contribution < -0.4 is 0 Å². The van der Waals surface area contributed by atoms with Gasteiger partial charge in [0.25, 0.3) is 0 Å². The van der Waals surface area contributed by atoms with Gasteiger partial charge in [0.05, 0.1) is 5.41 Å². The second-order valence-corrected chi connectivity index (χ2v) is 4.61. The summed E-state index contributed by atoms with van der Waals surface area (Å²) in [7, 11) is 0. The fraction of sp³-hybridized carbons (Fsp3) is 0.417. The van der Waals surface area contributed by atoms with Gasteiger partial charge < -0.3 is 15.3 Å². The maximum Gasteiger partial charge on any atom is 0.309 e. The summed E-state index contributed by atoms with van der Waals surface area (Å²) in [6.07, 6.45) is -1.71. The van der Waals surface area contributed by atoms with Crippen LogP contribution in [0.5, 0.6) is 11.5 Å². The highest BCUT2D eigenvalue weighted by Gasteiger charge is 2.31. The summed E-state index contributed by atoms with van der Waals surface area (Å²) < 4.78 is 13.8. The lowest BCUT2D eigenvalue weighted by Crippen LogP contribution is -2.25. The van der Waals surface area contributed by atoms with Gasteiger partial charge in [-0.25, -0.2) is 4.39 Å². The molecule has 0 aliphatic heterocycles. The first-order valence-electron chi connectivity index (χ1n) is 5.13. The average Bonchev–Trinajstić information content (AvgIpc) is 2.21. The van der Waals surface area contributed by atoms with Crippen molar-refractivity contribution in [1.82, 2.24) is 0 Å². The van der Waals surface area contributed by atoms with Crippen LogP contribution in [-0.4, -0.2) is 21.3 Å². The molecule has 94 valence electrons. The van der Waals surface area contributed by atoms with Crippen LogP contribution >= 0.6 is 0 Å². The van der Waals surface area contributed by atoms with E-state index in [1.54, 1.807) is 0 Å². The van der Waals surface area contributed by atoms with Crippen LogP contribution in [0.4, 0.5) is 4.39 Å². The van der Waals surface area contributed by atoms with Crippen LogP contribution in [0.15, 0.2) is 18.2 Å². The van der Waals surface area contributed by atoms with Crippen LogP contribution in [0.3, 0.4) is 0 Å². The molecule has 5 heteroatoms. The topological polar surface area (TPSA) is 77.8 Å². The SMILES string of the molecule is CC(C)(CC(F)c1ccc(O)c(O)c1)C(=O)O. The minimum atomic E-state index is -1.51. The zero-order valence-electron chi connectivity index (χ0n) is 9.64. The molecule has 0 spiro atoms. The van der Waals surface area contributed by atoms with E-state index in [1.807, 2.05) is 0 Å². The van der Waals surface area contributed by atoms with Crippen molar-refractivity contribution in [3.05, 3.63) is 23.8 Å². The van der Waals surface area contributed by atoms with Gasteiger partial charge in [-0.05, 0) is 38.0 Å². The van der Waals surface area contributed by atoms with Crippen molar-refractivity contribution >= 4 is 5.97 Å². The highest BCUT2D eigenvalue weighted by atomic mass is 19.1. The molecule has 0 bridgehead atoms. The largest absolute Gasteiger partial charge is 0.504 e. The normalized spacial score (nSPS) is 13.4. The number of hydrogen-bond acceptors (Lipinski definition) is 3. The number of aromatic hydroxyl groups is 2. The summed E-state index contributed by atoms with van der Waals surface area (Å²) in [5, 5.41) is 27.2. The molecular weight excluding hydrogens is 227 g/mol. The van der Waals surface area contributed by atoms with Gasteiger partial charge in [-0.3, -0.25) is 4.79 Å². The van der Waals surface area contributed by atoms with Crippen LogP contribution in [0.1, 0.15) is 32.0 Å². The zero-order valence-corrected chi connectivity index (χ0v) is 9.64. The van der Waals surface area contributed by atoms with Gasteiger partial charge in [0.2, 0.25) is 0 Å². The van der Waals surface area contributed by atoms with E-state index in [-0.39, 0.29) is 17.7 Å². The maximum absolute atomic E-state index is 13.8. The quantitative estimate of drug-likeness (QED) is 0.709. The summed E-state index contributed by atoms with van der Waals surface area (Å²) in [6.45, 7) is 2.87. The third kappa shape index (κ3) is 3.09. The van der Waals surface area contributed by atoms with E-state index in [1.165, 1.54) is 26.0 Å². The molecule has 1 unspecified atom stereocenters. The number of aliphatic carboxylic acids is 1. The van der Waals surface area contributed by atoms with Gasteiger partial charge in [0, 0.05) is 0 Å². The van der Waals surface area contributed by atoms with Crippen molar-refractivity contribution in [3.63, 3.8) is 0 Å². The van der Waals surface area contributed by atoms with Crippen molar-refractivity contribution in [3.8, 4) is 11.5 Å². The lowest BCUT2D eigenvalue weighted by Gasteiger charge is -2.21. The van der Waals surface area contributed by atoms with Crippen molar-refractivity contribution in [2.75, 3.05) is 0 Å². The number of phenolic OH excluding ortho intramolecular Hbond substituents is 2. The second kappa shape index (κ2) is 4.61. The molecule has 0 aromatic heterocycles. The van der Waals surface area contributed by atoms with E-state index in [4.69, 9.17) is 10.2 Å². The number of alkyl halides is 1. The van der Waals surface area contributed by atoms with E-state index in [0.717, 1.165) is 6.07 Å². The molecule has 1 rings (SSSR count). The van der Waals surface area contributed by atoms with Crippen LogP contribution in [0.25, 0.3) is 0 Å². The predicted octanol–water partition coefficient (Wildman–Crippen LogP) is 2.61. The average molecular weight is 242 g/mol. The standard InChI is InChI=1S/C12H15FO4/c1-12(2,11(16)17)6-8(13)7-3-4-9(14)10(15)5-7/h3-5,8,14-15H,6H2,1-2H3,(H,16,17). The summed E-state index contributed by atoms with van der Waals surface area (Å²) in [4.78, 5) is 10.9. The van der Waals surface area contributed by atoms with E-state index < -0.39 is 23.3 Å². The fourth-order valence-corrected chi connectivity index (χ4v) is 1.39. The van der Waals surface area contributed by atoms with Gasteiger partial charge in [0.15, 0.2) is 11.5 Å². The fourth-order valence-electron chi connectivity index (χ4n) is 1.39. The summed E-state index contributed by atoms with van der Waals surface area (Å²) in [6, 6.07) is 3.58. The number of phenols is 2. The van der Waals surface area contributed by atoms with Gasteiger partial charge in [-0.15, -0.1) is 0 Å². The van der Waals surface area contributed by atoms with E-state index in [9.17, 15) is 14.3 Å². The molecule has 0 radical (unpaired) electrons. The Labute approximate surface area is 98.3 Å². The molecule has 0 fully saturated rings. The molecular formula is C12H15FO4. The van der Waals surface area contributed by atoms with Crippen molar-refractivity contribution < 1.29 is 24.5 Å².